The highest BCUT2D eigenvalue weighted by molar-refractivity contribution is 7.98. The average Bonchev–Trinajstić information content (AvgIpc) is 3.38. The fourth-order valence-corrected chi connectivity index (χ4v) is 6.37. The van der Waals surface area contributed by atoms with E-state index in [1.165, 1.54) is 23.0 Å². The number of nitrogens with zero attached hydrogens (tertiary/aromatic N) is 4. The maximum Gasteiger partial charge on any atom is 0.254 e. The van der Waals surface area contributed by atoms with Gasteiger partial charge < -0.3 is 14.9 Å². The Hall–Kier alpha value is -3.33. The Morgan fingerprint density at radius 1 is 1.36 bits per heavy atom. The van der Waals surface area contributed by atoms with Crippen molar-refractivity contribution in [1.29, 1.82) is 0 Å². The van der Waals surface area contributed by atoms with Crippen LogP contribution in [0, 0.1) is 19.8 Å². The van der Waals surface area contributed by atoms with Gasteiger partial charge in [-0.1, -0.05) is 0 Å². The number of aryl methyl sites for hydroxylation is 2. The standard InChI is InChI=1S/C27H32N6O2S/c1-15-11-23(36-5)21(26(34)31-15)14-29-27(35)24-17(3)33(25-20(24)7-6-10-28-25)16(2)18-8-9-22-19(12-18)13-30-32(22)4/h6-7,10-11,13,16,18H,8-9,12,14H2,1-5H3,(H,29,35)(H,31,34)/t16-,18?/m1/s1. The van der Waals surface area contributed by atoms with Crippen molar-refractivity contribution in [2.45, 2.75) is 57.5 Å². The lowest BCUT2D eigenvalue weighted by molar-refractivity contribution is 0.0951. The summed E-state index contributed by atoms with van der Waals surface area (Å²) in [5.74, 6) is 0.228. The summed E-state index contributed by atoms with van der Waals surface area (Å²) < 4.78 is 4.21. The molecule has 4 aromatic rings. The molecular formula is C27H32N6O2S. The van der Waals surface area contributed by atoms with Crippen molar-refractivity contribution in [2.24, 2.45) is 13.0 Å². The number of nitrogens with one attached hydrogen (secondary N) is 2. The number of aromatic nitrogens is 5. The van der Waals surface area contributed by atoms with Gasteiger partial charge >= 0.3 is 0 Å². The highest BCUT2D eigenvalue weighted by Crippen LogP contribution is 2.36. The highest BCUT2D eigenvalue weighted by Gasteiger charge is 2.30. The van der Waals surface area contributed by atoms with Gasteiger partial charge in [0.15, 0.2) is 0 Å². The molecule has 8 nitrogen and oxygen atoms in total. The summed E-state index contributed by atoms with van der Waals surface area (Å²) >= 11 is 1.51. The van der Waals surface area contributed by atoms with Crippen molar-refractivity contribution in [1.82, 2.24) is 29.6 Å². The van der Waals surface area contributed by atoms with Crippen molar-refractivity contribution in [2.75, 3.05) is 6.26 Å². The van der Waals surface area contributed by atoms with E-state index in [9.17, 15) is 9.59 Å². The van der Waals surface area contributed by atoms with Gasteiger partial charge in [-0.3, -0.25) is 14.3 Å². The molecule has 2 atom stereocenters. The molecule has 36 heavy (non-hydrogen) atoms. The Bertz CT molecular complexity index is 1510. The summed E-state index contributed by atoms with van der Waals surface area (Å²) in [5, 5.41) is 8.29. The summed E-state index contributed by atoms with van der Waals surface area (Å²) in [4.78, 5) is 34.5. The molecule has 1 unspecified atom stereocenters. The molecule has 0 saturated heterocycles. The van der Waals surface area contributed by atoms with Crippen LogP contribution in [0.4, 0.5) is 0 Å². The molecule has 0 aliphatic heterocycles. The molecule has 5 rings (SSSR count). The SMILES string of the molecule is CSc1cc(C)[nH]c(=O)c1CNC(=O)c1c(C)n([C@H](C)C2CCc3c(cnn3C)C2)c2ncccc12. The molecule has 9 heteroatoms. The molecule has 2 N–H and O–H groups in total. The molecule has 0 saturated carbocycles. The van der Waals surface area contributed by atoms with Gasteiger partial charge in [0.1, 0.15) is 5.65 Å². The van der Waals surface area contributed by atoms with Gasteiger partial charge in [0.25, 0.3) is 11.5 Å². The van der Waals surface area contributed by atoms with Crippen molar-refractivity contribution < 1.29 is 4.79 Å². The zero-order chi connectivity index (χ0) is 25.6. The Labute approximate surface area is 214 Å². The Morgan fingerprint density at radius 2 is 2.17 bits per heavy atom. The zero-order valence-electron chi connectivity index (χ0n) is 21.4. The molecule has 0 bridgehead atoms. The van der Waals surface area contributed by atoms with Gasteiger partial charge in [0, 0.05) is 58.8 Å². The monoisotopic (exact) mass is 504 g/mol. The second-order valence-electron chi connectivity index (χ2n) is 9.70. The molecule has 0 aromatic carbocycles. The lowest BCUT2D eigenvalue weighted by Gasteiger charge is -2.30. The van der Waals surface area contributed by atoms with Crippen LogP contribution in [-0.4, -0.2) is 36.5 Å². The van der Waals surface area contributed by atoms with Crippen LogP contribution >= 0.6 is 11.8 Å². The van der Waals surface area contributed by atoms with E-state index in [-0.39, 0.29) is 24.1 Å². The Kier molecular flexibility index (Phi) is 6.51. The van der Waals surface area contributed by atoms with Crippen LogP contribution < -0.4 is 10.9 Å². The minimum Gasteiger partial charge on any atom is -0.348 e. The summed E-state index contributed by atoms with van der Waals surface area (Å²) in [6, 6.07) is 5.93. The zero-order valence-corrected chi connectivity index (χ0v) is 22.2. The van der Waals surface area contributed by atoms with Crippen LogP contribution in [0.2, 0.25) is 0 Å². The predicted molar refractivity (Wildman–Crippen MR) is 143 cm³/mol. The van der Waals surface area contributed by atoms with Crippen LogP contribution in [0.15, 0.2) is 40.3 Å². The molecule has 4 aromatic heterocycles. The summed E-state index contributed by atoms with van der Waals surface area (Å²) in [6.45, 7) is 6.25. The molecule has 0 spiro atoms. The number of pyridine rings is 2. The van der Waals surface area contributed by atoms with Gasteiger partial charge in [-0.05, 0) is 76.0 Å². The second kappa shape index (κ2) is 9.61. The van der Waals surface area contributed by atoms with E-state index in [2.05, 4.69) is 31.9 Å². The van der Waals surface area contributed by atoms with E-state index in [0.29, 0.717) is 17.0 Å². The summed E-state index contributed by atoms with van der Waals surface area (Å²) in [6.07, 6.45) is 8.73. The van der Waals surface area contributed by atoms with Crippen LogP contribution in [0.25, 0.3) is 11.0 Å². The largest absolute Gasteiger partial charge is 0.348 e. The van der Waals surface area contributed by atoms with Crippen LogP contribution in [-0.2, 0) is 26.4 Å². The van der Waals surface area contributed by atoms with Gasteiger partial charge in [-0.25, -0.2) is 4.98 Å². The predicted octanol–water partition coefficient (Wildman–Crippen LogP) is 4.09. The molecular weight excluding hydrogens is 472 g/mol. The molecule has 1 amide bonds. The molecule has 4 heterocycles. The molecule has 1 aliphatic carbocycles. The Balaban J connectivity index is 1.46. The normalized spacial score (nSPS) is 16.2. The third-order valence-electron chi connectivity index (χ3n) is 7.58. The van der Waals surface area contributed by atoms with E-state index in [1.54, 1.807) is 6.20 Å². The lowest BCUT2D eigenvalue weighted by Crippen LogP contribution is -2.28. The van der Waals surface area contributed by atoms with E-state index in [4.69, 9.17) is 0 Å². The first-order chi connectivity index (χ1) is 17.3. The topological polar surface area (TPSA) is 97.6 Å². The number of thioether (sulfide) groups is 1. The first-order valence-corrected chi connectivity index (χ1v) is 13.5. The minimum atomic E-state index is -0.193. The number of hydrogen-bond donors (Lipinski definition) is 2. The van der Waals surface area contributed by atoms with Crippen LogP contribution in [0.3, 0.4) is 0 Å². The quantitative estimate of drug-likeness (QED) is 0.386. The first-order valence-electron chi connectivity index (χ1n) is 12.3. The molecule has 0 fully saturated rings. The number of aromatic amines is 1. The van der Waals surface area contributed by atoms with E-state index >= 15 is 0 Å². The van der Waals surface area contributed by atoms with Crippen LogP contribution in [0.1, 0.15) is 58.0 Å². The average molecular weight is 505 g/mol. The van der Waals surface area contributed by atoms with Gasteiger partial charge in [0.05, 0.1) is 11.8 Å². The third kappa shape index (κ3) is 4.15. The van der Waals surface area contributed by atoms with Gasteiger partial charge in [-0.15, -0.1) is 11.8 Å². The molecule has 188 valence electrons. The van der Waals surface area contributed by atoms with E-state index < -0.39 is 0 Å². The first kappa shape index (κ1) is 24.4. The van der Waals surface area contributed by atoms with Crippen molar-refractivity contribution >= 4 is 28.7 Å². The van der Waals surface area contributed by atoms with Gasteiger partial charge in [0.2, 0.25) is 0 Å². The van der Waals surface area contributed by atoms with Gasteiger partial charge in [-0.2, -0.15) is 5.10 Å². The minimum absolute atomic E-state index is 0.166. The molecule has 0 radical (unpaired) electrons. The fourth-order valence-electron chi connectivity index (χ4n) is 5.67. The highest BCUT2D eigenvalue weighted by atomic mass is 32.2. The number of rotatable bonds is 6. The molecule has 1 aliphatic rings. The van der Waals surface area contributed by atoms with Crippen molar-refractivity contribution in [3.05, 3.63) is 74.7 Å². The van der Waals surface area contributed by atoms with Crippen LogP contribution in [0.5, 0.6) is 0 Å². The third-order valence-corrected chi connectivity index (χ3v) is 8.39. The number of fused-ring (bicyclic) bond motifs is 2. The Morgan fingerprint density at radius 3 is 2.94 bits per heavy atom. The number of amides is 1. The van der Waals surface area contributed by atoms with E-state index in [0.717, 1.165) is 46.6 Å². The maximum atomic E-state index is 13.5. The smallest absolute Gasteiger partial charge is 0.254 e. The van der Waals surface area contributed by atoms with E-state index in [1.807, 2.05) is 56.2 Å². The summed E-state index contributed by atoms with van der Waals surface area (Å²) in [5.41, 5.74) is 6.19. The summed E-state index contributed by atoms with van der Waals surface area (Å²) in [7, 11) is 2.01. The number of H-pyrrole nitrogens is 1. The number of carbonyl (C=O) groups excluding carboxylic acids is 1. The maximum absolute atomic E-state index is 13.5. The fraction of sp³-hybridized carbons (Fsp3) is 0.407. The lowest BCUT2D eigenvalue weighted by atomic mass is 9.83. The number of hydrogen-bond acceptors (Lipinski definition) is 5. The number of carbonyl (C=O) groups is 1. The van der Waals surface area contributed by atoms with Crippen molar-refractivity contribution in [3.63, 3.8) is 0 Å². The van der Waals surface area contributed by atoms with Crippen molar-refractivity contribution in [3.8, 4) is 0 Å². The second-order valence-corrected chi connectivity index (χ2v) is 10.5.